The normalized spacial score (nSPS) is 12.6. The fourth-order valence-corrected chi connectivity index (χ4v) is 2.79. The number of carbonyl (C=O) groups excluding carboxylic acids is 3. The molecule has 1 aliphatic carbocycles. The van der Waals surface area contributed by atoms with Gasteiger partial charge in [0.15, 0.2) is 5.11 Å². The van der Waals surface area contributed by atoms with Crippen LogP contribution in [0.2, 0.25) is 0 Å². The molecule has 0 radical (unpaired) electrons. The molecule has 0 spiro atoms. The van der Waals surface area contributed by atoms with Crippen molar-refractivity contribution in [3.63, 3.8) is 0 Å². The Hall–Kier alpha value is -3.46. The number of amides is 3. The first kappa shape index (κ1) is 22.2. The fraction of sp³-hybridized carbons (Fsp3) is 0.273. The summed E-state index contributed by atoms with van der Waals surface area (Å²) in [7, 11) is 0. The maximum absolute atomic E-state index is 12.3. The number of benzene rings is 2. The highest BCUT2D eigenvalue weighted by Gasteiger charge is 2.29. The molecule has 1 fully saturated rings. The van der Waals surface area contributed by atoms with Crippen LogP contribution in [0.4, 0.5) is 5.69 Å². The Labute approximate surface area is 185 Å². The molecule has 9 heteroatoms. The summed E-state index contributed by atoms with van der Waals surface area (Å²) in [4.78, 5) is 36.3. The first-order chi connectivity index (χ1) is 14.8. The third-order valence-corrected chi connectivity index (χ3v) is 4.57. The highest BCUT2D eigenvalue weighted by Crippen LogP contribution is 2.30. The van der Waals surface area contributed by atoms with Crippen LogP contribution in [0.5, 0.6) is 5.75 Å². The molecule has 0 unspecified atom stereocenters. The van der Waals surface area contributed by atoms with Crippen molar-refractivity contribution in [2.24, 2.45) is 5.92 Å². The fourth-order valence-electron chi connectivity index (χ4n) is 2.64. The number of ether oxygens (including phenoxy) is 1. The zero-order valence-electron chi connectivity index (χ0n) is 17.2. The molecular weight excluding hydrogens is 416 g/mol. The standard InChI is InChI=1S/C22H24N4O4S/c1-13(2)30-18-11-7-15(8-12-18)20(28)24-22(31)26-25-21(29)16-5-9-17(10-6-16)23-19(27)14-3-4-14/h5-14H,3-4H2,1-2H3,(H,23,27)(H,25,29)(H2,24,26,28,31). The van der Waals surface area contributed by atoms with Crippen LogP contribution in [0, 0.1) is 5.92 Å². The van der Waals surface area contributed by atoms with Crippen molar-refractivity contribution in [2.75, 3.05) is 5.32 Å². The summed E-state index contributed by atoms with van der Waals surface area (Å²) in [6, 6.07) is 13.1. The lowest BCUT2D eigenvalue weighted by Crippen LogP contribution is -2.48. The van der Waals surface area contributed by atoms with E-state index < -0.39 is 11.8 Å². The third-order valence-electron chi connectivity index (χ3n) is 4.37. The molecule has 0 heterocycles. The van der Waals surface area contributed by atoms with E-state index in [1.165, 1.54) is 0 Å². The van der Waals surface area contributed by atoms with Crippen LogP contribution in [-0.4, -0.2) is 28.9 Å². The lowest BCUT2D eigenvalue weighted by molar-refractivity contribution is -0.117. The van der Waals surface area contributed by atoms with E-state index in [9.17, 15) is 14.4 Å². The van der Waals surface area contributed by atoms with E-state index in [-0.39, 0.29) is 23.0 Å². The van der Waals surface area contributed by atoms with E-state index in [0.29, 0.717) is 22.6 Å². The van der Waals surface area contributed by atoms with Gasteiger partial charge in [-0.1, -0.05) is 0 Å². The van der Waals surface area contributed by atoms with Gasteiger partial charge in [0.2, 0.25) is 5.91 Å². The van der Waals surface area contributed by atoms with E-state index in [1.807, 2.05) is 13.8 Å². The van der Waals surface area contributed by atoms with Gasteiger partial charge in [0.1, 0.15) is 5.75 Å². The second kappa shape index (κ2) is 10.0. The zero-order chi connectivity index (χ0) is 22.4. The van der Waals surface area contributed by atoms with Crippen LogP contribution in [-0.2, 0) is 4.79 Å². The molecule has 0 aliphatic heterocycles. The predicted octanol–water partition coefficient (Wildman–Crippen LogP) is 2.77. The second-order valence-corrected chi connectivity index (χ2v) is 7.80. The Bertz CT molecular complexity index is 970. The molecule has 0 aromatic heterocycles. The minimum atomic E-state index is -0.438. The topological polar surface area (TPSA) is 109 Å². The van der Waals surface area contributed by atoms with Gasteiger partial charge in [-0.25, -0.2) is 0 Å². The SMILES string of the molecule is CC(C)Oc1ccc(C(=O)NC(=S)NNC(=O)c2ccc(NC(=O)C3CC3)cc2)cc1. The number of rotatable bonds is 6. The molecule has 3 amide bonds. The summed E-state index contributed by atoms with van der Waals surface area (Å²) in [6.07, 6.45) is 1.89. The van der Waals surface area contributed by atoms with Crippen molar-refractivity contribution < 1.29 is 19.1 Å². The Balaban J connectivity index is 1.44. The van der Waals surface area contributed by atoms with Crippen LogP contribution < -0.4 is 26.2 Å². The average Bonchev–Trinajstić information content (AvgIpc) is 3.58. The molecule has 162 valence electrons. The lowest BCUT2D eigenvalue weighted by Gasteiger charge is -2.12. The third kappa shape index (κ3) is 6.78. The Morgan fingerprint density at radius 2 is 1.48 bits per heavy atom. The minimum Gasteiger partial charge on any atom is -0.491 e. The summed E-state index contributed by atoms with van der Waals surface area (Å²) < 4.78 is 5.54. The van der Waals surface area contributed by atoms with Crippen LogP contribution in [0.15, 0.2) is 48.5 Å². The average molecular weight is 441 g/mol. The van der Waals surface area contributed by atoms with Gasteiger partial charge < -0.3 is 10.1 Å². The molecule has 1 aliphatic rings. The molecule has 2 aromatic carbocycles. The molecule has 31 heavy (non-hydrogen) atoms. The monoisotopic (exact) mass is 440 g/mol. The quantitative estimate of drug-likeness (QED) is 0.406. The van der Waals surface area contributed by atoms with Gasteiger partial charge in [-0.15, -0.1) is 0 Å². The number of anilines is 1. The van der Waals surface area contributed by atoms with Crippen LogP contribution in [0.1, 0.15) is 47.4 Å². The first-order valence-electron chi connectivity index (χ1n) is 9.91. The van der Waals surface area contributed by atoms with Gasteiger partial charge in [-0.05, 0) is 87.4 Å². The smallest absolute Gasteiger partial charge is 0.269 e. The van der Waals surface area contributed by atoms with E-state index in [2.05, 4.69) is 21.5 Å². The van der Waals surface area contributed by atoms with Crippen LogP contribution in [0.3, 0.4) is 0 Å². The van der Waals surface area contributed by atoms with Crippen molar-refractivity contribution in [3.05, 3.63) is 59.7 Å². The van der Waals surface area contributed by atoms with Crippen LogP contribution >= 0.6 is 12.2 Å². The van der Waals surface area contributed by atoms with E-state index >= 15 is 0 Å². The molecule has 3 rings (SSSR count). The van der Waals surface area contributed by atoms with E-state index in [4.69, 9.17) is 17.0 Å². The van der Waals surface area contributed by atoms with Crippen molar-refractivity contribution in [1.29, 1.82) is 0 Å². The Morgan fingerprint density at radius 3 is 2.06 bits per heavy atom. The molecule has 0 saturated heterocycles. The maximum atomic E-state index is 12.3. The van der Waals surface area contributed by atoms with Crippen molar-refractivity contribution in [3.8, 4) is 5.75 Å². The zero-order valence-corrected chi connectivity index (χ0v) is 18.0. The molecule has 0 atom stereocenters. The van der Waals surface area contributed by atoms with Gasteiger partial charge in [-0.2, -0.15) is 0 Å². The van der Waals surface area contributed by atoms with Crippen molar-refractivity contribution >= 4 is 40.7 Å². The Kier molecular flexibility index (Phi) is 7.19. The van der Waals surface area contributed by atoms with Gasteiger partial charge in [0, 0.05) is 22.7 Å². The molecular formula is C22H24N4O4S. The molecule has 4 N–H and O–H groups in total. The number of hydrogen-bond donors (Lipinski definition) is 4. The van der Waals surface area contributed by atoms with Gasteiger partial charge in [0.25, 0.3) is 11.8 Å². The predicted molar refractivity (Wildman–Crippen MR) is 121 cm³/mol. The van der Waals surface area contributed by atoms with Crippen LogP contribution in [0.25, 0.3) is 0 Å². The molecule has 8 nitrogen and oxygen atoms in total. The Morgan fingerprint density at radius 1 is 0.903 bits per heavy atom. The molecule has 2 aromatic rings. The number of hydrogen-bond acceptors (Lipinski definition) is 5. The lowest BCUT2D eigenvalue weighted by atomic mass is 10.2. The van der Waals surface area contributed by atoms with Gasteiger partial charge >= 0.3 is 0 Å². The largest absolute Gasteiger partial charge is 0.491 e. The van der Waals surface area contributed by atoms with Gasteiger partial charge in [-0.3, -0.25) is 30.6 Å². The van der Waals surface area contributed by atoms with E-state index in [1.54, 1.807) is 48.5 Å². The summed E-state index contributed by atoms with van der Waals surface area (Å²) in [5.41, 5.74) is 6.32. The highest BCUT2D eigenvalue weighted by atomic mass is 32.1. The minimum absolute atomic E-state index is 0.00189. The van der Waals surface area contributed by atoms with Gasteiger partial charge in [0.05, 0.1) is 6.10 Å². The second-order valence-electron chi connectivity index (χ2n) is 7.39. The summed E-state index contributed by atoms with van der Waals surface area (Å²) >= 11 is 5.05. The number of nitrogens with one attached hydrogen (secondary N) is 4. The number of carbonyl (C=O) groups is 3. The summed E-state index contributed by atoms with van der Waals surface area (Å²) in [6.45, 7) is 3.83. The molecule has 1 saturated carbocycles. The number of hydrazine groups is 1. The highest BCUT2D eigenvalue weighted by molar-refractivity contribution is 7.80. The molecule has 0 bridgehead atoms. The van der Waals surface area contributed by atoms with E-state index in [0.717, 1.165) is 12.8 Å². The summed E-state index contributed by atoms with van der Waals surface area (Å²) in [5.74, 6) is -0.0835. The first-order valence-corrected chi connectivity index (χ1v) is 10.3. The maximum Gasteiger partial charge on any atom is 0.269 e. The van der Waals surface area contributed by atoms with Crippen molar-refractivity contribution in [2.45, 2.75) is 32.8 Å². The summed E-state index contributed by atoms with van der Waals surface area (Å²) in [5, 5.41) is 5.25. The van der Waals surface area contributed by atoms with Crippen molar-refractivity contribution in [1.82, 2.24) is 16.2 Å². The number of thiocarbonyl (C=S) groups is 1.